The van der Waals surface area contributed by atoms with Crippen LogP contribution in [0, 0.1) is 0 Å². The van der Waals surface area contributed by atoms with E-state index in [2.05, 4.69) is 13.8 Å². The number of benzene rings is 2. The van der Waals surface area contributed by atoms with Crippen LogP contribution in [0.3, 0.4) is 0 Å². The van der Waals surface area contributed by atoms with E-state index >= 15 is 0 Å². The quantitative estimate of drug-likeness (QED) is 0.0370. The second kappa shape index (κ2) is 51.9. The molecule has 0 spiro atoms. The van der Waals surface area contributed by atoms with E-state index < -0.39 is 20.2 Å². The molecule has 0 saturated carbocycles. The van der Waals surface area contributed by atoms with Crippen LogP contribution in [0.5, 0.6) is 0 Å². The van der Waals surface area contributed by atoms with Crippen molar-refractivity contribution in [2.45, 2.75) is 332 Å². The van der Waals surface area contributed by atoms with E-state index in [9.17, 15) is 25.9 Å². The van der Waals surface area contributed by atoms with Crippen molar-refractivity contribution in [3.05, 3.63) is 59.7 Å². The summed E-state index contributed by atoms with van der Waals surface area (Å²) in [6, 6.07) is 13.2. The molecule has 0 heterocycles. The Morgan fingerprint density at radius 3 is 0.592 bits per heavy atom. The summed E-state index contributed by atoms with van der Waals surface area (Å²) in [6.07, 6.45) is 64.2. The molecule has 0 saturated heterocycles. The van der Waals surface area contributed by atoms with Gasteiger partial charge in [-0.05, 0) is 48.9 Å². The zero-order valence-electron chi connectivity index (χ0n) is 46.5. The van der Waals surface area contributed by atoms with Crippen molar-refractivity contribution in [2.24, 2.45) is 0 Å². The third kappa shape index (κ3) is 45.7. The molecule has 408 valence electrons. The monoisotopic (exact) mass is 1150 g/mol. The topological polar surface area (TPSA) is 114 Å². The van der Waals surface area contributed by atoms with Gasteiger partial charge < -0.3 is 9.11 Å². The van der Waals surface area contributed by atoms with Crippen molar-refractivity contribution in [3.8, 4) is 0 Å². The van der Waals surface area contributed by atoms with Crippen molar-refractivity contribution < 1.29 is 25.9 Å². The smallest absolute Gasteiger partial charge is 0.744 e. The van der Waals surface area contributed by atoms with Gasteiger partial charge in [0.2, 0.25) is 0 Å². The summed E-state index contributed by atoms with van der Waals surface area (Å²) in [4.78, 5) is -0.0856. The van der Waals surface area contributed by atoms with Gasteiger partial charge >= 0.3 is 48.9 Å². The summed E-state index contributed by atoms with van der Waals surface area (Å²) in [6.45, 7) is 4.57. The SMILES string of the molecule is CCCCCCCCCCCCCCCCCCCCCCCCCc1ccccc1S(=O)(=O)[O-].CCCCCCCCCCCCCCCCCCCCCCCCCc1ccccc1S(=O)(=O)[O-].[Ba+2]. The van der Waals surface area contributed by atoms with Gasteiger partial charge in [0, 0.05) is 0 Å². The first kappa shape index (κ1) is 70.8. The number of rotatable bonds is 50. The van der Waals surface area contributed by atoms with Crippen molar-refractivity contribution in [1.82, 2.24) is 0 Å². The van der Waals surface area contributed by atoms with Crippen molar-refractivity contribution in [3.63, 3.8) is 0 Å². The fourth-order valence-electron chi connectivity index (χ4n) is 10.1. The third-order valence-corrected chi connectivity index (χ3v) is 16.5. The molecule has 0 amide bonds. The molecule has 0 radical (unpaired) electrons. The number of hydrogen-bond acceptors (Lipinski definition) is 6. The van der Waals surface area contributed by atoms with Crippen LogP contribution < -0.4 is 0 Å². The molecule has 0 fully saturated rings. The van der Waals surface area contributed by atoms with Crippen LogP contribution in [-0.2, 0) is 33.1 Å². The molecule has 0 aromatic heterocycles. The summed E-state index contributed by atoms with van der Waals surface area (Å²) in [7, 11) is -8.72. The predicted octanol–water partition coefficient (Wildman–Crippen LogP) is 19.9. The normalized spacial score (nSPS) is 11.7. The molecule has 0 N–H and O–H groups in total. The Labute approximate surface area is 482 Å². The fourth-order valence-corrected chi connectivity index (χ4v) is 11.6. The second-order valence-electron chi connectivity index (χ2n) is 21.2. The van der Waals surface area contributed by atoms with E-state index in [1.807, 2.05) is 12.1 Å². The summed E-state index contributed by atoms with van der Waals surface area (Å²) in [5, 5.41) is 0. The molecular formula is C62H110BaO6S2. The first-order valence-electron chi connectivity index (χ1n) is 30.2. The Balaban J connectivity index is 0.00000136. The Kier molecular flexibility index (Phi) is 51.8. The van der Waals surface area contributed by atoms with E-state index in [1.54, 1.807) is 24.3 Å². The van der Waals surface area contributed by atoms with Gasteiger partial charge in [0.1, 0.15) is 20.2 Å². The minimum absolute atomic E-state index is 0. The molecule has 0 unspecified atom stereocenters. The average molecular weight is 1150 g/mol. The molecule has 0 aliphatic rings. The van der Waals surface area contributed by atoms with Gasteiger partial charge in [-0.15, -0.1) is 0 Å². The van der Waals surface area contributed by atoms with E-state index in [0.29, 0.717) is 24.0 Å². The zero-order chi connectivity index (χ0) is 50.9. The van der Waals surface area contributed by atoms with Crippen LogP contribution >= 0.6 is 0 Å². The molecule has 0 aliphatic heterocycles. The molecule has 9 heteroatoms. The van der Waals surface area contributed by atoms with Crippen LogP contribution in [0.2, 0.25) is 0 Å². The zero-order valence-corrected chi connectivity index (χ0v) is 52.6. The number of unbranched alkanes of at least 4 members (excludes halogenated alkanes) is 44. The third-order valence-electron chi connectivity index (χ3n) is 14.6. The molecule has 2 aromatic rings. The Morgan fingerprint density at radius 1 is 0.268 bits per heavy atom. The Morgan fingerprint density at radius 2 is 0.423 bits per heavy atom. The largest absolute Gasteiger partial charge is 2.00 e. The van der Waals surface area contributed by atoms with Gasteiger partial charge in [-0.2, -0.15) is 0 Å². The summed E-state index contributed by atoms with van der Waals surface area (Å²) in [5.41, 5.74) is 1.34. The van der Waals surface area contributed by atoms with E-state index in [4.69, 9.17) is 0 Å². The van der Waals surface area contributed by atoms with Crippen LogP contribution in [0.1, 0.15) is 320 Å². The van der Waals surface area contributed by atoms with Crippen LogP contribution in [0.15, 0.2) is 58.3 Å². The van der Waals surface area contributed by atoms with Gasteiger partial charge in [-0.25, -0.2) is 16.8 Å². The van der Waals surface area contributed by atoms with E-state index in [1.165, 1.54) is 282 Å². The minimum Gasteiger partial charge on any atom is -0.744 e. The molecule has 6 nitrogen and oxygen atoms in total. The van der Waals surface area contributed by atoms with Crippen LogP contribution in [0.4, 0.5) is 0 Å². The molecule has 0 aliphatic carbocycles. The van der Waals surface area contributed by atoms with Crippen molar-refractivity contribution in [1.29, 1.82) is 0 Å². The first-order chi connectivity index (χ1) is 34.1. The molecule has 2 aromatic carbocycles. The van der Waals surface area contributed by atoms with Crippen molar-refractivity contribution >= 4 is 69.1 Å². The molecular weight excluding hydrogens is 1040 g/mol. The van der Waals surface area contributed by atoms with E-state index in [-0.39, 0.29) is 58.7 Å². The number of aryl methyl sites for hydroxylation is 2. The number of hydrogen-bond donors (Lipinski definition) is 0. The van der Waals surface area contributed by atoms with Gasteiger partial charge in [0.15, 0.2) is 0 Å². The van der Waals surface area contributed by atoms with E-state index in [0.717, 1.165) is 25.7 Å². The fraction of sp³-hybridized carbons (Fsp3) is 0.806. The van der Waals surface area contributed by atoms with Gasteiger partial charge in [0.05, 0.1) is 9.79 Å². The molecule has 0 atom stereocenters. The maximum Gasteiger partial charge on any atom is 2.00 e. The van der Waals surface area contributed by atoms with Crippen molar-refractivity contribution in [2.75, 3.05) is 0 Å². The standard InChI is InChI=1S/2C31H56O3S.Ba/c2*1-2-3-4-5-6-7-8-9-10-11-12-13-14-15-16-17-18-19-20-21-22-23-24-27-30-28-25-26-29-31(30)35(32,33)34;/h2*25-26,28-29H,2-24,27H2,1H3,(H,32,33,34);/q;;+2/p-2. The summed E-state index contributed by atoms with van der Waals surface area (Å²) >= 11 is 0. The Bertz CT molecular complexity index is 1530. The van der Waals surface area contributed by atoms with Gasteiger partial charge in [0.25, 0.3) is 0 Å². The molecule has 0 bridgehead atoms. The molecule has 2 rings (SSSR count). The van der Waals surface area contributed by atoms with Crippen LogP contribution in [-0.4, -0.2) is 74.8 Å². The predicted molar refractivity (Wildman–Crippen MR) is 306 cm³/mol. The molecule has 71 heavy (non-hydrogen) atoms. The van der Waals surface area contributed by atoms with Crippen LogP contribution in [0.25, 0.3) is 0 Å². The maximum absolute atomic E-state index is 11.3. The summed E-state index contributed by atoms with van der Waals surface area (Å²) < 4.78 is 68.0. The summed E-state index contributed by atoms with van der Waals surface area (Å²) in [5.74, 6) is 0. The van der Waals surface area contributed by atoms with Gasteiger partial charge in [-0.1, -0.05) is 333 Å². The second-order valence-corrected chi connectivity index (χ2v) is 23.9. The average Bonchev–Trinajstić information content (AvgIpc) is 3.34. The Hall–Kier alpha value is -0.169. The first-order valence-corrected chi connectivity index (χ1v) is 33.0. The minimum atomic E-state index is -4.36. The van der Waals surface area contributed by atoms with Gasteiger partial charge in [-0.3, -0.25) is 0 Å². The maximum atomic E-state index is 11.3.